The Kier molecular flexibility index (Phi) is 2.52. The Bertz CT molecular complexity index is 343. The number of carbonyl (C=O) groups excluding carboxylic acids is 3. The van der Waals surface area contributed by atoms with Gasteiger partial charge in [0.2, 0.25) is 5.24 Å². The van der Waals surface area contributed by atoms with Crippen molar-refractivity contribution in [3.63, 3.8) is 0 Å². The van der Waals surface area contributed by atoms with Crippen LogP contribution in [-0.2, 0) is 19.1 Å². The predicted molar refractivity (Wildman–Crippen MR) is 50.3 cm³/mol. The first kappa shape index (κ1) is 10.6. The number of piperidine rings is 1. The van der Waals surface area contributed by atoms with Gasteiger partial charge in [0.25, 0.3) is 5.78 Å². The Morgan fingerprint density at radius 1 is 1.40 bits per heavy atom. The molecule has 5 nitrogen and oxygen atoms in total. The standard InChI is InChI=1S/C9H10ClNO4/c1-15-9(14)7(12)6-5(8(10)13)2-4-3-11(4)6/h4-6H,2-3H2,1H3/t4-,5?,6?,11?/m1/s1. The van der Waals surface area contributed by atoms with Crippen LogP contribution in [0.3, 0.4) is 0 Å². The summed E-state index contributed by atoms with van der Waals surface area (Å²) in [7, 11) is 1.15. The number of methoxy groups -OCH3 is 1. The van der Waals surface area contributed by atoms with E-state index in [1.807, 2.05) is 4.90 Å². The second kappa shape index (κ2) is 3.57. The molecule has 0 N–H and O–H groups in total. The fourth-order valence-electron chi connectivity index (χ4n) is 2.17. The average molecular weight is 232 g/mol. The van der Waals surface area contributed by atoms with Crippen LogP contribution in [0.25, 0.3) is 0 Å². The molecule has 0 saturated carbocycles. The maximum absolute atomic E-state index is 11.6. The Morgan fingerprint density at radius 3 is 2.60 bits per heavy atom. The van der Waals surface area contributed by atoms with Crippen molar-refractivity contribution in [3.8, 4) is 0 Å². The van der Waals surface area contributed by atoms with E-state index in [4.69, 9.17) is 11.6 Å². The molecule has 2 heterocycles. The van der Waals surface area contributed by atoms with Crippen LogP contribution in [0, 0.1) is 5.92 Å². The van der Waals surface area contributed by atoms with Crippen LogP contribution in [0.1, 0.15) is 6.42 Å². The monoisotopic (exact) mass is 231 g/mol. The summed E-state index contributed by atoms with van der Waals surface area (Å²) in [6.07, 6.45) is 0.565. The third-order valence-electron chi connectivity index (χ3n) is 2.97. The molecule has 0 radical (unpaired) electrons. The predicted octanol–water partition coefficient (Wildman–Crippen LogP) is -0.433. The van der Waals surface area contributed by atoms with Crippen LogP contribution in [0.2, 0.25) is 0 Å². The van der Waals surface area contributed by atoms with Gasteiger partial charge in [-0.1, -0.05) is 0 Å². The molecule has 3 unspecified atom stereocenters. The number of rotatable bonds is 3. The van der Waals surface area contributed by atoms with E-state index in [-0.39, 0.29) is 6.04 Å². The van der Waals surface area contributed by atoms with Crippen LogP contribution < -0.4 is 0 Å². The normalized spacial score (nSPS) is 36.9. The van der Waals surface area contributed by atoms with Crippen LogP contribution in [-0.4, -0.2) is 47.6 Å². The van der Waals surface area contributed by atoms with Gasteiger partial charge in [0.05, 0.1) is 19.1 Å². The topological polar surface area (TPSA) is 63.5 Å². The molecule has 0 aromatic carbocycles. The van der Waals surface area contributed by atoms with Gasteiger partial charge in [0.1, 0.15) is 0 Å². The fourth-order valence-corrected chi connectivity index (χ4v) is 2.38. The summed E-state index contributed by atoms with van der Waals surface area (Å²) in [6, 6.07) is -0.469. The van der Waals surface area contributed by atoms with E-state index in [1.165, 1.54) is 0 Å². The molecule has 4 atom stereocenters. The average Bonchev–Trinajstić information content (AvgIpc) is 2.87. The van der Waals surface area contributed by atoms with Crippen molar-refractivity contribution in [3.05, 3.63) is 0 Å². The number of fused-ring (bicyclic) bond motifs is 1. The summed E-state index contributed by atoms with van der Waals surface area (Å²) in [5.74, 6) is -2.14. The van der Waals surface area contributed by atoms with Gasteiger partial charge in [0, 0.05) is 12.6 Å². The molecule has 2 saturated heterocycles. The van der Waals surface area contributed by atoms with Gasteiger partial charge < -0.3 is 4.74 Å². The largest absolute Gasteiger partial charge is 0.463 e. The molecule has 0 aromatic rings. The maximum atomic E-state index is 11.6. The molecule has 6 heteroatoms. The first-order chi connectivity index (χ1) is 7.06. The Morgan fingerprint density at radius 2 is 2.07 bits per heavy atom. The van der Waals surface area contributed by atoms with Gasteiger partial charge in [-0.25, -0.2) is 4.79 Å². The van der Waals surface area contributed by atoms with Gasteiger partial charge >= 0.3 is 5.97 Å². The number of ether oxygens (including phenoxy) is 1. The summed E-state index contributed by atoms with van der Waals surface area (Å²) in [6.45, 7) is 0.758. The summed E-state index contributed by atoms with van der Waals surface area (Å²) in [5, 5.41) is -0.551. The number of halogens is 1. The molecule has 2 aliphatic rings. The van der Waals surface area contributed by atoms with E-state index in [0.717, 1.165) is 13.7 Å². The van der Waals surface area contributed by atoms with Crippen molar-refractivity contribution in [1.29, 1.82) is 0 Å². The molecular formula is C9H10ClNO4. The number of hydrogen-bond acceptors (Lipinski definition) is 5. The van der Waals surface area contributed by atoms with Gasteiger partial charge in [-0.2, -0.15) is 0 Å². The third-order valence-corrected chi connectivity index (χ3v) is 3.25. The number of ketones is 1. The zero-order chi connectivity index (χ0) is 11.2. The van der Waals surface area contributed by atoms with Gasteiger partial charge in [-0.3, -0.25) is 14.5 Å². The minimum absolute atomic E-state index is 0.233. The van der Waals surface area contributed by atoms with E-state index in [9.17, 15) is 14.4 Å². The Hall–Kier alpha value is -0.940. The SMILES string of the molecule is COC(=O)C(=O)C1C(C(=O)Cl)C[C@@H]2CN12. The molecule has 0 spiro atoms. The van der Waals surface area contributed by atoms with Gasteiger partial charge in [0.15, 0.2) is 0 Å². The highest BCUT2D eigenvalue weighted by Gasteiger charge is 2.57. The van der Waals surface area contributed by atoms with Gasteiger partial charge in [-0.05, 0) is 18.0 Å². The quantitative estimate of drug-likeness (QED) is 0.285. The molecule has 2 rings (SSSR count). The Labute approximate surface area is 91.3 Å². The lowest BCUT2D eigenvalue weighted by Gasteiger charge is -2.16. The summed E-state index contributed by atoms with van der Waals surface area (Å²) >= 11 is 5.39. The Balaban J connectivity index is 2.15. The van der Waals surface area contributed by atoms with E-state index < -0.39 is 29.0 Å². The first-order valence-electron chi connectivity index (χ1n) is 4.63. The van der Waals surface area contributed by atoms with Crippen molar-refractivity contribution in [2.75, 3.05) is 13.7 Å². The number of hydrogen-bond donors (Lipinski definition) is 0. The van der Waals surface area contributed by atoms with Crippen molar-refractivity contribution in [2.45, 2.75) is 18.5 Å². The molecule has 82 valence electrons. The zero-order valence-electron chi connectivity index (χ0n) is 8.10. The van der Waals surface area contributed by atoms with Gasteiger partial charge in [-0.15, -0.1) is 0 Å². The molecule has 0 aliphatic carbocycles. The highest BCUT2D eigenvalue weighted by Crippen LogP contribution is 2.41. The molecule has 0 bridgehead atoms. The number of carbonyl (C=O) groups is 3. The highest BCUT2D eigenvalue weighted by atomic mass is 35.5. The number of esters is 1. The molecule has 2 fully saturated rings. The molecule has 15 heavy (non-hydrogen) atoms. The second-order valence-corrected chi connectivity index (χ2v) is 4.17. The minimum atomic E-state index is -0.907. The van der Waals surface area contributed by atoms with E-state index in [0.29, 0.717) is 6.42 Å². The number of Topliss-reactive ketones (excluding diaryl/α,β-unsaturated/α-hetero) is 1. The van der Waals surface area contributed by atoms with E-state index >= 15 is 0 Å². The van der Waals surface area contributed by atoms with Crippen LogP contribution in [0.5, 0.6) is 0 Å². The third kappa shape index (κ3) is 1.66. The minimum Gasteiger partial charge on any atom is -0.463 e. The second-order valence-electron chi connectivity index (χ2n) is 3.80. The summed E-state index contributed by atoms with van der Waals surface area (Å²) in [5.41, 5.74) is 0. The molecular weight excluding hydrogens is 222 g/mol. The van der Waals surface area contributed by atoms with Crippen molar-refractivity contribution < 1.29 is 19.1 Å². The maximum Gasteiger partial charge on any atom is 0.376 e. The lowest BCUT2D eigenvalue weighted by molar-refractivity contribution is -0.153. The smallest absolute Gasteiger partial charge is 0.376 e. The summed E-state index contributed by atoms with van der Waals surface area (Å²) in [4.78, 5) is 35.6. The highest BCUT2D eigenvalue weighted by molar-refractivity contribution is 6.64. The first-order valence-corrected chi connectivity index (χ1v) is 5.01. The molecule has 0 aromatic heterocycles. The van der Waals surface area contributed by atoms with Crippen molar-refractivity contribution >= 4 is 28.6 Å². The fraction of sp³-hybridized carbons (Fsp3) is 0.667. The lowest BCUT2D eigenvalue weighted by Crippen LogP contribution is -2.40. The molecule has 0 amide bonds. The number of nitrogens with zero attached hydrogens (tertiary/aromatic N) is 1. The van der Waals surface area contributed by atoms with E-state index in [1.54, 1.807) is 0 Å². The van der Waals surface area contributed by atoms with E-state index in [2.05, 4.69) is 4.74 Å². The lowest BCUT2D eigenvalue weighted by atomic mass is 9.95. The van der Waals surface area contributed by atoms with Crippen molar-refractivity contribution in [1.82, 2.24) is 4.90 Å². The van der Waals surface area contributed by atoms with Crippen LogP contribution in [0.15, 0.2) is 0 Å². The van der Waals surface area contributed by atoms with Crippen LogP contribution >= 0.6 is 11.6 Å². The van der Waals surface area contributed by atoms with Crippen molar-refractivity contribution in [2.24, 2.45) is 5.92 Å². The molecule has 2 aliphatic heterocycles. The zero-order valence-corrected chi connectivity index (χ0v) is 8.86. The summed E-state index contributed by atoms with van der Waals surface area (Å²) < 4.78 is 4.35. The van der Waals surface area contributed by atoms with Crippen LogP contribution in [0.4, 0.5) is 0 Å².